The molecule has 10 aromatic rings. The Morgan fingerprint density at radius 2 is 0.422 bits per heavy atom. The minimum absolute atomic E-state index is 1.11. The van der Waals surface area contributed by atoms with E-state index in [1.165, 1.54) is 66.8 Å². The molecule has 0 amide bonds. The van der Waals surface area contributed by atoms with Crippen molar-refractivity contribution >= 4 is 34.1 Å². The predicted octanol–water partition coefficient (Wildman–Crippen LogP) is 17.6. The first-order valence-corrected chi connectivity index (χ1v) is 22.0. The Morgan fingerprint density at radius 1 is 0.203 bits per heavy atom. The highest BCUT2D eigenvalue weighted by Gasteiger charge is 2.18. The fourth-order valence-electron chi connectivity index (χ4n) is 8.81. The summed E-state index contributed by atoms with van der Waals surface area (Å²) in [6.07, 6.45) is 0. The van der Waals surface area contributed by atoms with E-state index in [-0.39, 0.29) is 0 Å². The molecule has 0 aliphatic rings. The monoisotopic (exact) mass is 820 g/mol. The van der Waals surface area contributed by atoms with Crippen LogP contribution in [-0.2, 0) is 0 Å². The molecule has 2 nitrogen and oxygen atoms in total. The van der Waals surface area contributed by atoms with Crippen LogP contribution < -0.4 is 9.80 Å². The Labute approximate surface area is 377 Å². The minimum atomic E-state index is 1.11. The number of rotatable bonds is 11. The Bertz CT molecular complexity index is 3020. The second-order valence-electron chi connectivity index (χ2n) is 16.3. The Kier molecular flexibility index (Phi) is 11.2. The van der Waals surface area contributed by atoms with Crippen LogP contribution in [0.3, 0.4) is 0 Å². The van der Waals surface area contributed by atoms with E-state index in [1.54, 1.807) is 0 Å². The van der Waals surface area contributed by atoms with Crippen molar-refractivity contribution in [2.75, 3.05) is 9.80 Å². The number of para-hydroxylation sites is 1. The molecule has 10 aromatic carbocycles. The second kappa shape index (κ2) is 18.0. The van der Waals surface area contributed by atoms with Crippen LogP contribution in [0.25, 0.3) is 55.6 Å². The van der Waals surface area contributed by atoms with Crippen molar-refractivity contribution in [3.05, 3.63) is 266 Å². The molecule has 0 aliphatic carbocycles. The number of nitrogens with zero attached hydrogens (tertiary/aromatic N) is 2. The highest BCUT2D eigenvalue weighted by atomic mass is 15.1. The summed E-state index contributed by atoms with van der Waals surface area (Å²) in [7, 11) is 0. The van der Waals surface area contributed by atoms with Crippen LogP contribution in [-0.4, -0.2) is 0 Å². The summed E-state index contributed by atoms with van der Waals surface area (Å²) in [5, 5.41) is 0. The van der Waals surface area contributed by atoms with Crippen molar-refractivity contribution in [2.24, 2.45) is 0 Å². The number of aryl methyl sites for hydroxylation is 2. The lowest BCUT2D eigenvalue weighted by Crippen LogP contribution is -2.10. The lowest BCUT2D eigenvalue weighted by molar-refractivity contribution is 1.26. The molecule has 0 aliphatic heterocycles. The highest BCUT2D eigenvalue weighted by molar-refractivity contribution is 5.85. The average Bonchev–Trinajstić information content (AvgIpc) is 3.36. The van der Waals surface area contributed by atoms with Crippen molar-refractivity contribution in [1.82, 2.24) is 0 Å². The van der Waals surface area contributed by atoms with Gasteiger partial charge in [-0.15, -0.1) is 0 Å². The van der Waals surface area contributed by atoms with Gasteiger partial charge >= 0.3 is 0 Å². The van der Waals surface area contributed by atoms with Crippen molar-refractivity contribution in [3.8, 4) is 55.6 Å². The van der Waals surface area contributed by atoms with E-state index in [4.69, 9.17) is 0 Å². The standard InChI is InChI=1S/C62H48N2/c1-45-43-59(63(55-21-13-6-14-22-55)56-37-31-54(32-38-56)51-25-23-50(24-26-51)47-15-7-3-8-16-47)39-41-61(45)62-42-40-60(44-46(62)2)64(57-33-27-52(28-34-57)48-17-9-4-10-18-48)58-35-29-53(30-36-58)49-19-11-5-12-20-49/h3-44H,1-2H3. The Morgan fingerprint density at radius 3 is 0.703 bits per heavy atom. The summed E-state index contributed by atoms with van der Waals surface area (Å²) in [4.78, 5) is 4.71. The molecule has 0 saturated heterocycles. The van der Waals surface area contributed by atoms with Gasteiger partial charge in [-0.25, -0.2) is 0 Å². The fraction of sp³-hybridized carbons (Fsp3) is 0.0323. The van der Waals surface area contributed by atoms with Crippen molar-refractivity contribution in [1.29, 1.82) is 0 Å². The first kappa shape index (κ1) is 39.9. The molecule has 64 heavy (non-hydrogen) atoms. The summed E-state index contributed by atoms with van der Waals surface area (Å²) in [6.45, 7) is 4.46. The summed E-state index contributed by atoms with van der Waals surface area (Å²) < 4.78 is 0. The maximum absolute atomic E-state index is 2.36. The summed E-state index contributed by atoms with van der Waals surface area (Å²) >= 11 is 0. The van der Waals surface area contributed by atoms with Gasteiger partial charge in [0.15, 0.2) is 0 Å². The van der Waals surface area contributed by atoms with Gasteiger partial charge in [-0.1, -0.05) is 182 Å². The number of anilines is 6. The largest absolute Gasteiger partial charge is 0.310 e. The molecule has 0 radical (unpaired) electrons. The smallest absolute Gasteiger partial charge is 0.0464 e. The van der Waals surface area contributed by atoms with Gasteiger partial charge in [-0.2, -0.15) is 0 Å². The molecule has 2 heteroatoms. The topological polar surface area (TPSA) is 6.48 Å². The molecule has 0 unspecified atom stereocenters. The zero-order valence-electron chi connectivity index (χ0n) is 36.1. The molecule has 0 aromatic heterocycles. The molecule has 306 valence electrons. The Balaban J connectivity index is 0.957. The van der Waals surface area contributed by atoms with Gasteiger partial charge in [0.2, 0.25) is 0 Å². The maximum Gasteiger partial charge on any atom is 0.0464 e. The van der Waals surface area contributed by atoms with Crippen LogP contribution >= 0.6 is 0 Å². The second-order valence-corrected chi connectivity index (χ2v) is 16.3. The van der Waals surface area contributed by atoms with Gasteiger partial charge in [0, 0.05) is 34.1 Å². The van der Waals surface area contributed by atoms with Crippen molar-refractivity contribution in [3.63, 3.8) is 0 Å². The normalized spacial score (nSPS) is 11.0. The third kappa shape index (κ3) is 8.38. The molecule has 0 heterocycles. The molecule has 0 saturated carbocycles. The molecule has 0 fully saturated rings. The lowest BCUT2D eigenvalue weighted by atomic mass is 9.95. The summed E-state index contributed by atoms with van der Waals surface area (Å²) in [5.41, 5.74) is 21.2. The van der Waals surface area contributed by atoms with E-state index in [0.29, 0.717) is 0 Å². The lowest BCUT2D eigenvalue weighted by Gasteiger charge is -2.27. The van der Waals surface area contributed by atoms with E-state index in [2.05, 4.69) is 278 Å². The summed E-state index contributed by atoms with van der Waals surface area (Å²) in [5.74, 6) is 0. The van der Waals surface area contributed by atoms with Crippen LogP contribution in [0, 0.1) is 13.8 Å². The molecule has 0 atom stereocenters. The average molecular weight is 821 g/mol. The third-order valence-corrected chi connectivity index (χ3v) is 12.2. The Hall–Kier alpha value is -8.20. The SMILES string of the molecule is Cc1cc(N(c2ccccc2)c2ccc(-c3ccc(-c4ccccc4)cc3)cc2)ccc1-c1ccc(N(c2ccc(-c3ccccc3)cc2)c2ccc(-c3ccccc3)cc2)cc1C. The van der Waals surface area contributed by atoms with Gasteiger partial charge in [0.05, 0.1) is 0 Å². The van der Waals surface area contributed by atoms with Crippen molar-refractivity contribution in [2.45, 2.75) is 13.8 Å². The molecule has 0 bridgehead atoms. The molecule has 0 N–H and O–H groups in total. The summed E-state index contributed by atoms with van der Waals surface area (Å²) in [6, 6.07) is 91.6. The zero-order chi connectivity index (χ0) is 43.2. The fourth-order valence-corrected chi connectivity index (χ4v) is 8.81. The van der Waals surface area contributed by atoms with E-state index in [0.717, 1.165) is 34.1 Å². The molecular formula is C62H48N2. The van der Waals surface area contributed by atoms with Crippen LogP contribution in [0.4, 0.5) is 34.1 Å². The quantitative estimate of drug-likeness (QED) is 0.128. The van der Waals surface area contributed by atoms with Crippen LogP contribution in [0.15, 0.2) is 255 Å². The van der Waals surface area contributed by atoms with Crippen LogP contribution in [0.2, 0.25) is 0 Å². The van der Waals surface area contributed by atoms with E-state index in [1.807, 2.05) is 0 Å². The van der Waals surface area contributed by atoms with Crippen LogP contribution in [0.5, 0.6) is 0 Å². The van der Waals surface area contributed by atoms with Gasteiger partial charge in [-0.3, -0.25) is 0 Å². The minimum Gasteiger partial charge on any atom is -0.310 e. The number of hydrogen-bond donors (Lipinski definition) is 0. The van der Waals surface area contributed by atoms with Gasteiger partial charge in [0.1, 0.15) is 0 Å². The number of benzene rings is 10. The number of hydrogen-bond acceptors (Lipinski definition) is 2. The van der Waals surface area contributed by atoms with E-state index < -0.39 is 0 Å². The van der Waals surface area contributed by atoms with Gasteiger partial charge < -0.3 is 9.80 Å². The van der Waals surface area contributed by atoms with E-state index >= 15 is 0 Å². The highest BCUT2D eigenvalue weighted by Crippen LogP contribution is 2.42. The molecule has 10 rings (SSSR count). The van der Waals surface area contributed by atoms with E-state index in [9.17, 15) is 0 Å². The first-order valence-electron chi connectivity index (χ1n) is 22.0. The molecule has 0 spiro atoms. The van der Waals surface area contributed by atoms with Gasteiger partial charge in [0.25, 0.3) is 0 Å². The van der Waals surface area contributed by atoms with Crippen molar-refractivity contribution < 1.29 is 0 Å². The predicted molar refractivity (Wildman–Crippen MR) is 272 cm³/mol. The first-order chi connectivity index (χ1) is 31.6. The third-order valence-electron chi connectivity index (χ3n) is 12.2. The zero-order valence-corrected chi connectivity index (χ0v) is 36.1. The maximum atomic E-state index is 2.36. The van der Waals surface area contributed by atoms with Crippen LogP contribution in [0.1, 0.15) is 11.1 Å². The molecular weight excluding hydrogens is 773 g/mol. The van der Waals surface area contributed by atoms with Gasteiger partial charge in [-0.05, 0) is 153 Å².